The number of aromatic hydroxyl groups is 1. The standard InChI is InChI=1S/C23H35NO4S.C19H21NO4.C14H12ClN3O/c1-4-7-8-9-10-14-20-27-23(25)22(18-15-19-24(5-2)6-3)29(26)28-21-16-12-11-13-17-21;1-4-16(24-17-9-8-12(2)10-13(17)3)18(21)20-15-7-5-6-14(11-15)19(22)23;1-8-5-9(2)14(19)13(6-8)18-16-11-4-3-10(15)7-12(11)17(16)18/h11-13,15-19H,4-10,14,20H2,1-3H3;5-11,16H,4H2,1-3H3,(H,20,21)(H,22,23);3-7,19H,1-2H3/b19-15+,22-18+;;. The van der Waals surface area contributed by atoms with Crippen LogP contribution < -0.4 is 14.2 Å². The van der Waals surface area contributed by atoms with Crippen molar-refractivity contribution in [1.82, 2.24) is 19.0 Å². The van der Waals surface area contributed by atoms with Crippen molar-refractivity contribution in [3.05, 3.63) is 159 Å². The average molecular weight is 1020 g/mol. The third kappa shape index (κ3) is 15.8. The number of esters is 1. The number of hydrogen-bond acceptors (Lipinski definition) is 9. The number of phenols is 1. The van der Waals surface area contributed by atoms with Gasteiger partial charge < -0.3 is 34.1 Å². The first-order valence-electron chi connectivity index (χ1n) is 24.4. The number of nitrogens with zero attached hydrogens (tertiary/aromatic N) is 4. The first-order valence-corrected chi connectivity index (χ1v) is 25.9. The van der Waals surface area contributed by atoms with E-state index in [1.54, 1.807) is 42.5 Å². The first-order chi connectivity index (χ1) is 34.6. The molecule has 384 valence electrons. The lowest BCUT2D eigenvalue weighted by Crippen LogP contribution is -2.32. The van der Waals surface area contributed by atoms with Gasteiger partial charge in [-0.1, -0.05) is 106 Å². The van der Waals surface area contributed by atoms with E-state index in [0.29, 0.717) is 36.0 Å². The van der Waals surface area contributed by atoms with Crippen molar-refractivity contribution in [3.8, 4) is 22.9 Å². The predicted molar refractivity (Wildman–Crippen MR) is 287 cm³/mol. The highest BCUT2D eigenvalue weighted by molar-refractivity contribution is 7.85. The highest BCUT2D eigenvalue weighted by Crippen LogP contribution is 2.34. The van der Waals surface area contributed by atoms with Crippen LogP contribution in [0.3, 0.4) is 0 Å². The van der Waals surface area contributed by atoms with E-state index in [9.17, 15) is 23.7 Å². The number of nitrogens with one attached hydrogen (secondary N) is 1. The topological polar surface area (TPSA) is 165 Å². The number of benzene rings is 5. The molecule has 7 aromatic rings. The highest BCUT2D eigenvalue weighted by atomic mass is 35.5. The Balaban J connectivity index is 0.000000204. The molecule has 7 rings (SSSR count). The van der Waals surface area contributed by atoms with Crippen LogP contribution in [0.25, 0.3) is 16.7 Å². The molecule has 0 fully saturated rings. The summed E-state index contributed by atoms with van der Waals surface area (Å²) in [5.74, 6) is -0.520. The molecule has 16 heteroatoms. The Morgan fingerprint density at radius 1 is 0.778 bits per heavy atom. The van der Waals surface area contributed by atoms with Gasteiger partial charge in [0.2, 0.25) is 11.1 Å². The van der Waals surface area contributed by atoms with Crippen molar-refractivity contribution in [3.63, 3.8) is 0 Å². The number of fused-ring (bicyclic) bond motifs is 4. The number of para-hydroxylation sites is 1. The van der Waals surface area contributed by atoms with Crippen LogP contribution in [0, 0.1) is 27.7 Å². The lowest BCUT2D eigenvalue weighted by Gasteiger charge is -2.19. The Kier molecular flexibility index (Phi) is 21.4. The third-order valence-corrected chi connectivity index (χ3v) is 12.8. The van der Waals surface area contributed by atoms with Gasteiger partial charge in [-0.25, -0.2) is 13.8 Å². The number of amides is 1. The summed E-state index contributed by atoms with van der Waals surface area (Å²) in [6, 6.07) is 30.4. The van der Waals surface area contributed by atoms with Gasteiger partial charge in [0.25, 0.3) is 5.91 Å². The van der Waals surface area contributed by atoms with Crippen molar-refractivity contribution in [1.29, 1.82) is 0 Å². The average Bonchev–Trinajstić information content (AvgIpc) is 4.03. The fraction of sp³-hybridized carbons (Fsp3) is 0.339. The number of rotatable bonds is 22. The number of ether oxygens (including phenoxy) is 2. The van der Waals surface area contributed by atoms with E-state index in [2.05, 4.69) is 17.1 Å². The predicted octanol–water partition coefficient (Wildman–Crippen LogP) is 12.6. The van der Waals surface area contributed by atoms with Gasteiger partial charge in [-0.2, -0.15) is 0 Å². The maximum Gasteiger partial charge on any atom is 0.350 e. The zero-order valence-electron chi connectivity index (χ0n) is 42.5. The van der Waals surface area contributed by atoms with Crippen molar-refractivity contribution in [2.75, 3.05) is 25.0 Å². The van der Waals surface area contributed by atoms with Gasteiger partial charge in [0, 0.05) is 23.8 Å². The number of carboxylic acid groups (broad SMARTS) is 1. The summed E-state index contributed by atoms with van der Waals surface area (Å²) in [6.07, 6.45) is 11.6. The normalized spacial score (nSPS) is 12.2. The molecule has 0 spiro atoms. The molecule has 2 aromatic heterocycles. The Morgan fingerprint density at radius 2 is 1.47 bits per heavy atom. The quantitative estimate of drug-likeness (QED) is 0.0257. The molecule has 2 heterocycles. The van der Waals surface area contributed by atoms with Gasteiger partial charge in [-0.3, -0.25) is 4.79 Å². The molecule has 0 saturated heterocycles. The van der Waals surface area contributed by atoms with Gasteiger partial charge in [-0.05, 0) is 150 Å². The van der Waals surface area contributed by atoms with Gasteiger partial charge in [-0.15, -0.1) is 14.1 Å². The molecular formula is C56H68ClN5O9S. The number of allylic oxidation sites excluding steroid dienone is 2. The molecule has 5 aromatic carbocycles. The van der Waals surface area contributed by atoms with E-state index in [0.717, 1.165) is 76.3 Å². The van der Waals surface area contributed by atoms with Gasteiger partial charge in [0.05, 0.1) is 12.2 Å². The number of carbonyl (C=O) groups is 3. The third-order valence-electron chi connectivity index (χ3n) is 11.5. The molecule has 0 aliphatic heterocycles. The minimum atomic E-state index is -1.95. The summed E-state index contributed by atoms with van der Waals surface area (Å²) in [5, 5.41) is 22.6. The fourth-order valence-electron chi connectivity index (χ4n) is 7.58. The van der Waals surface area contributed by atoms with Crippen LogP contribution in [0.1, 0.15) is 105 Å². The van der Waals surface area contributed by atoms with E-state index in [1.165, 1.54) is 37.5 Å². The number of aryl methyl sites for hydroxylation is 4. The van der Waals surface area contributed by atoms with Crippen molar-refractivity contribution in [2.24, 2.45) is 0 Å². The van der Waals surface area contributed by atoms with E-state index >= 15 is 0 Å². The summed E-state index contributed by atoms with van der Waals surface area (Å²) in [6.45, 7) is 18.0. The second kappa shape index (κ2) is 27.6. The van der Waals surface area contributed by atoms with Crippen LogP contribution in [0.5, 0.6) is 17.2 Å². The van der Waals surface area contributed by atoms with Gasteiger partial charge in [0.15, 0.2) is 11.0 Å². The Hall–Kier alpha value is -6.97. The maximum atomic E-state index is 12.6. The fourth-order valence-corrected chi connectivity index (χ4v) is 8.50. The summed E-state index contributed by atoms with van der Waals surface area (Å²) < 4.78 is 33.2. The molecule has 2 unspecified atom stereocenters. The minimum absolute atomic E-state index is 0.00300. The smallest absolute Gasteiger partial charge is 0.350 e. The highest BCUT2D eigenvalue weighted by Gasteiger charge is 2.27. The zero-order chi connectivity index (χ0) is 52.3. The van der Waals surface area contributed by atoms with Gasteiger partial charge in [0.1, 0.15) is 34.0 Å². The number of phenolic OH excluding ortho intramolecular Hbond substituents is 1. The van der Waals surface area contributed by atoms with Gasteiger partial charge >= 0.3 is 11.9 Å². The number of aromatic nitrogens is 3. The first kappa shape index (κ1) is 56.0. The minimum Gasteiger partial charge on any atom is -0.505 e. The second-order valence-electron chi connectivity index (χ2n) is 17.2. The molecule has 0 aliphatic rings. The SMILES string of the molecule is CCC(Oc1ccc(C)cc1C)C(=O)Nc1cccc(C(=O)O)c1.CCCCCCCCOC(=O)/C(=C\C=C\N(CC)CC)S(=O)Oc1ccccc1.Cc1cc(C)c(O)c(-n2n3c4ccc(Cl)cc4n23)c1. The lowest BCUT2D eigenvalue weighted by atomic mass is 10.1. The van der Waals surface area contributed by atoms with Crippen LogP contribution in [0.4, 0.5) is 5.69 Å². The Labute approximate surface area is 430 Å². The van der Waals surface area contributed by atoms with Crippen molar-refractivity contribution < 1.29 is 42.5 Å². The van der Waals surface area contributed by atoms with Crippen LogP contribution in [-0.2, 0) is 25.4 Å². The largest absolute Gasteiger partial charge is 0.505 e. The maximum absolute atomic E-state index is 12.6. The van der Waals surface area contributed by atoms with Crippen LogP contribution in [0.2, 0.25) is 5.02 Å². The zero-order valence-corrected chi connectivity index (χ0v) is 44.1. The number of aromatic carboxylic acids is 1. The summed E-state index contributed by atoms with van der Waals surface area (Å²) >= 11 is 4.04. The van der Waals surface area contributed by atoms with Crippen LogP contribution >= 0.6 is 11.6 Å². The number of anilines is 1. The van der Waals surface area contributed by atoms with Crippen molar-refractivity contribution in [2.45, 2.75) is 106 Å². The molecule has 3 N–H and O–H groups in total. The number of unbranched alkanes of at least 4 members (excludes halogenated alkanes) is 5. The van der Waals surface area contributed by atoms with Crippen LogP contribution in [-0.4, -0.2) is 77.0 Å². The second-order valence-corrected chi connectivity index (χ2v) is 18.8. The Morgan fingerprint density at radius 3 is 2.15 bits per heavy atom. The summed E-state index contributed by atoms with van der Waals surface area (Å²) in [7, 11) is 0. The lowest BCUT2D eigenvalue weighted by molar-refractivity contribution is -0.138. The molecule has 2 atom stereocenters. The van der Waals surface area contributed by atoms with E-state index in [-0.39, 0.29) is 16.4 Å². The molecular weight excluding hydrogens is 954 g/mol. The number of carbonyl (C=O) groups excluding carboxylic acids is 2. The van der Waals surface area contributed by atoms with Crippen molar-refractivity contribution >= 4 is 57.2 Å². The Bertz CT molecular complexity index is 2950. The number of halogens is 1. The van der Waals surface area contributed by atoms with E-state index in [1.807, 2.05) is 123 Å². The van der Waals surface area contributed by atoms with Crippen LogP contribution in [0.15, 0.2) is 126 Å². The molecule has 0 bridgehead atoms. The monoisotopic (exact) mass is 1020 g/mol. The summed E-state index contributed by atoms with van der Waals surface area (Å²) in [4.78, 5) is 39.9. The molecule has 0 aliphatic carbocycles. The molecule has 72 heavy (non-hydrogen) atoms. The summed E-state index contributed by atoms with van der Waals surface area (Å²) in [5.41, 5.74) is 7.61. The number of hydrogen-bond donors (Lipinski definition) is 3. The number of carboxylic acids is 1. The molecule has 0 saturated carbocycles. The van der Waals surface area contributed by atoms with E-state index in [4.69, 9.17) is 30.4 Å². The molecule has 0 radical (unpaired) electrons. The molecule has 1 amide bonds. The molecule has 14 nitrogen and oxygen atoms in total. The van der Waals surface area contributed by atoms with E-state index < -0.39 is 29.1 Å².